The van der Waals surface area contributed by atoms with E-state index in [9.17, 15) is 20.1 Å². The highest BCUT2D eigenvalue weighted by Crippen LogP contribution is 2.45. The lowest BCUT2D eigenvalue weighted by Gasteiger charge is -2.13. The van der Waals surface area contributed by atoms with Crippen LogP contribution >= 0.6 is 15.9 Å². The van der Waals surface area contributed by atoms with E-state index in [1.54, 1.807) is 48.5 Å². The second-order valence-electron chi connectivity index (χ2n) is 7.27. The summed E-state index contributed by atoms with van der Waals surface area (Å²) in [5.74, 6) is -0.924. The van der Waals surface area contributed by atoms with E-state index in [0.29, 0.717) is 22.6 Å². The van der Waals surface area contributed by atoms with Crippen molar-refractivity contribution in [2.75, 3.05) is 7.11 Å². The molecule has 0 bridgehead atoms. The number of ketones is 1. The average molecular weight is 494 g/mol. The summed E-state index contributed by atoms with van der Waals surface area (Å²) in [5, 5.41) is 31.8. The van der Waals surface area contributed by atoms with Crippen LogP contribution in [0.5, 0.6) is 23.1 Å². The summed E-state index contributed by atoms with van der Waals surface area (Å²) in [6.45, 7) is 1.93. The smallest absolute Gasteiger partial charge is 0.240 e. The largest absolute Gasteiger partial charge is 0.508 e. The maximum absolute atomic E-state index is 13.5. The van der Waals surface area contributed by atoms with Crippen LogP contribution in [0.25, 0.3) is 16.9 Å². The van der Waals surface area contributed by atoms with Gasteiger partial charge >= 0.3 is 0 Å². The molecule has 0 aliphatic heterocycles. The number of phenols is 1. The summed E-state index contributed by atoms with van der Waals surface area (Å²) in [6.07, 6.45) is 0. The fourth-order valence-electron chi connectivity index (χ4n) is 3.55. The molecule has 0 radical (unpaired) electrons. The number of halogens is 1. The van der Waals surface area contributed by atoms with Crippen LogP contribution in [0.1, 0.15) is 21.5 Å². The molecule has 1 aromatic heterocycles. The van der Waals surface area contributed by atoms with E-state index in [0.717, 1.165) is 10.0 Å². The number of hydrogen-bond acceptors (Lipinski definition) is 5. The second-order valence-corrected chi connectivity index (χ2v) is 8.13. The minimum atomic E-state index is -0.541. The van der Waals surface area contributed by atoms with Gasteiger partial charge in [-0.3, -0.25) is 9.36 Å². The van der Waals surface area contributed by atoms with Crippen LogP contribution < -0.4 is 4.74 Å². The number of ether oxygens (including phenoxy) is 1. The van der Waals surface area contributed by atoms with Crippen LogP contribution in [-0.2, 0) is 0 Å². The molecule has 0 spiro atoms. The summed E-state index contributed by atoms with van der Waals surface area (Å²) in [7, 11) is 1.53. The van der Waals surface area contributed by atoms with Gasteiger partial charge in [0.15, 0.2) is 11.5 Å². The van der Waals surface area contributed by atoms with Crippen molar-refractivity contribution in [2.24, 2.45) is 0 Å². The van der Waals surface area contributed by atoms with E-state index in [2.05, 4.69) is 15.9 Å². The minimum absolute atomic E-state index is 0.0119. The van der Waals surface area contributed by atoms with Crippen molar-refractivity contribution in [3.8, 4) is 40.1 Å². The molecule has 0 saturated heterocycles. The van der Waals surface area contributed by atoms with Crippen LogP contribution in [0.2, 0.25) is 0 Å². The summed E-state index contributed by atoms with van der Waals surface area (Å²) < 4.78 is 7.34. The molecule has 0 unspecified atom stereocenters. The zero-order valence-electron chi connectivity index (χ0n) is 17.3. The zero-order chi connectivity index (χ0) is 23.0. The highest BCUT2D eigenvalue weighted by atomic mass is 79.9. The third-order valence-corrected chi connectivity index (χ3v) is 6.09. The quantitative estimate of drug-likeness (QED) is 0.316. The fourth-order valence-corrected chi connectivity index (χ4v) is 3.91. The first-order valence-corrected chi connectivity index (χ1v) is 10.5. The van der Waals surface area contributed by atoms with Crippen LogP contribution in [0.15, 0.2) is 71.2 Å². The highest BCUT2D eigenvalue weighted by molar-refractivity contribution is 9.10. The Hall–Kier alpha value is -3.71. The van der Waals surface area contributed by atoms with Crippen LogP contribution in [-0.4, -0.2) is 32.8 Å². The molecule has 0 aliphatic rings. The van der Waals surface area contributed by atoms with Crippen molar-refractivity contribution < 1.29 is 24.9 Å². The molecular formula is C25H20BrNO5. The lowest BCUT2D eigenvalue weighted by atomic mass is 9.99. The van der Waals surface area contributed by atoms with Gasteiger partial charge in [0.1, 0.15) is 11.5 Å². The first-order valence-electron chi connectivity index (χ1n) is 9.73. The Balaban J connectivity index is 2.01. The van der Waals surface area contributed by atoms with E-state index in [1.165, 1.54) is 23.8 Å². The van der Waals surface area contributed by atoms with Gasteiger partial charge in [-0.2, -0.15) is 0 Å². The normalized spacial score (nSPS) is 10.8. The Morgan fingerprint density at radius 3 is 2.31 bits per heavy atom. The van der Waals surface area contributed by atoms with Crippen LogP contribution in [0.4, 0.5) is 0 Å². The average Bonchev–Trinajstić information content (AvgIpc) is 3.06. The van der Waals surface area contributed by atoms with Crippen molar-refractivity contribution in [3.63, 3.8) is 0 Å². The molecule has 3 aromatic carbocycles. The molecule has 3 N–H and O–H groups in total. The van der Waals surface area contributed by atoms with Crippen molar-refractivity contribution in [1.82, 2.24) is 4.57 Å². The number of nitrogens with zero attached hydrogens (tertiary/aromatic N) is 1. The van der Waals surface area contributed by atoms with E-state index < -0.39 is 17.4 Å². The van der Waals surface area contributed by atoms with Crippen molar-refractivity contribution in [2.45, 2.75) is 6.92 Å². The SMILES string of the molecule is COc1ccc(C(=O)c2c(O)c(O)n(-c3ccc(C)c(Br)c3)c2-c2cccc(O)c2)cc1. The van der Waals surface area contributed by atoms with Gasteiger partial charge in [-0.15, -0.1) is 0 Å². The van der Waals surface area contributed by atoms with Crippen molar-refractivity contribution in [1.29, 1.82) is 0 Å². The Morgan fingerprint density at radius 1 is 0.969 bits per heavy atom. The molecule has 0 fully saturated rings. The summed E-state index contributed by atoms with van der Waals surface area (Å²) in [4.78, 5) is 13.5. The number of aryl methyl sites for hydroxylation is 1. The summed E-state index contributed by atoms with van der Waals surface area (Å²) >= 11 is 3.49. The number of rotatable bonds is 5. The van der Waals surface area contributed by atoms with Crippen molar-refractivity contribution in [3.05, 3.63) is 87.9 Å². The number of carbonyl (C=O) groups is 1. The molecule has 4 aromatic rings. The number of aromatic nitrogens is 1. The number of hydrogen-bond donors (Lipinski definition) is 3. The molecule has 7 heteroatoms. The van der Waals surface area contributed by atoms with Gasteiger partial charge in [-0.1, -0.05) is 34.1 Å². The van der Waals surface area contributed by atoms with Gasteiger partial charge in [0.25, 0.3) is 0 Å². The van der Waals surface area contributed by atoms with E-state index in [-0.39, 0.29) is 17.0 Å². The number of benzene rings is 3. The topological polar surface area (TPSA) is 91.9 Å². The number of aromatic hydroxyl groups is 3. The molecule has 162 valence electrons. The Morgan fingerprint density at radius 2 is 1.69 bits per heavy atom. The highest BCUT2D eigenvalue weighted by Gasteiger charge is 2.30. The molecule has 4 rings (SSSR count). The second kappa shape index (κ2) is 8.43. The van der Waals surface area contributed by atoms with Crippen LogP contribution in [0.3, 0.4) is 0 Å². The van der Waals surface area contributed by atoms with Gasteiger partial charge in [0, 0.05) is 15.6 Å². The minimum Gasteiger partial charge on any atom is -0.508 e. The predicted molar refractivity (Wildman–Crippen MR) is 125 cm³/mol. The first-order chi connectivity index (χ1) is 15.3. The molecular weight excluding hydrogens is 474 g/mol. The van der Waals surface area contributed by atoms with Gasteiger partial charge in [0.05, 0.1) is 24.1 Å². The van der Waals surface area contributed by atoms with Crippen molar-refractivity contribution >= 4 is 21.7 Å². The van der Waals surface area contributed by atoms with Gasteiger partial charge in [-0.25, -0.2) is 0 Å². The molecule has 0 aliphatic carbocycles. The maximum atomic E-state index is 13.5. The molecule has 0 atom stereocenters. The summed E-state index contributed by atoms with van der Waals surface area (Å²) in [5.41, 5.74) is 2.46. The maximum Gasteiger partial charge on any atom is 0.240 e. The van der Waals surface area contributed by atoms with Gasteiger partial charge < -0.3 is 20.1 Å². The van der Waals surface area contributed by atoms with E-state index in [1.807, 2.05) is 13.0 Å². The third kappa shape index (κ3) is 3.71. The Bertz CT molecular complexity index is 1330. The zero-order valence-corrected chi connectivity index (χ0v) is 18.9. The monoisotopic (exact) mass is 493 g/mol. The number of phenolic OH excluding ortho intramolecular Hbond substituents is 1. The number of carbonyl (C=O) groups excluding carboxylic acids is 1. The molecule has 0 amide bonds. The van der Waals surface area contributed by atoms with Crippen LogP contribution in [0, 0.1) is 6.92 Å². The van der Waals surface area contributed by atoms with Gasteiger partial charge in [-0.05, 0) is 61.0 Å². The van der Waals surface area contributed by atoms with E-state index >= 15 is 0 Å². The standard InChI is InChI=1S/C25H20BrNO5/c1-14-6-9-17(13-20(14)26)27-22(16-4-3-5-18(28)12-16)21(24(30)25(27)31)23(29)15-7-10-19(32-2)11-8-15/h3-13,28,30-31H,1-2H3. The lowest BCUT2D eigenvalue weighted by molar-refractivity contribution is 0.103. The first kappa shape index (κ1) is 21.5. The molecule has 0 saturated carbocycles. The van der Waals surface area contributed by atoms with Gasteiger partial charge in [0.2, 0.25) is 5.88 Å². The Kier molecular flexibility index (Phi) is 5.67. The molecule has 6 nitrogen and oxygen atoms in total. The lowest BCUT2D eigenvalue weighted by Crippen LogP contribution is -2.05. The fraction of sp³-hybridized carbons (Fsp3) is 0.0800. The Labute approximate surface area is 193 Å². The van der Waals surface area contributed by atoms with E-state index in [4.69, 9.17) is 4.74 Å². The number of methoxy groups -OCH3 is 1. The molecule has 1 heterocycles. The summed E-state index contributed by atoms with van der Waals surface area (Å²) in [6, 6.07) is 18.2. The molecule has 32 heavy (non-hydrogen) atoms. The predicted octanol–water partition coefficient (Wildman–Crippen LogP) is 5.57. The third-order valence-electron chi connectivity index (χ3n) is 5.23.